The van der Waals surface area contributed by atoms with Gasteiger partial charge in [0.25, 0.3) is 5.91 Å². The molecule has 31 heavy (non-hydrogen) atoms. The molecule has 0 fully saturated rings. The summed E-state index contributed by atoms with van der Waals surface area (Å²) in [5, 5.41) is 3.98. The molecule has 0 aliphatic carbocycles. The van der Waals surface area contributed by atoms with Crippen molar-refractivity contribution in [3.8, 4) is 23.0 Å². The lowest BCUT2D eigenvalue weighted by Gasteiger charge is -2.13. The summed E-state index contributed by atoms with van der Waals surface area (Å²) in [6.45, 7) is 1.73. The van der Waals surface area contributed by atoms with Crippen molar-refractivity contribution in [2.24, 2.45) is 5.10 Å². The Hall–Kier alpha value is -3.27. The van der Waals surface area contributed by atoms with Gasteiger partial charge >= 0.3 is 5.97 Å². The quantitative estimate of drug-likeness (QED) is 0.307. The van der Waals surface area contributed by atoms with Crippen LogP contribution in [0.25, 0.3) is 0 Å². The number of carbonyl (C=O) groups excluding carboxylic acids is 2. The van der Waals surface area contributed by atoms with Gasteiger partial charge in [0.1, 0.15) is 11.5 Å². The highest BCUT2D eigenvalue weighted by Gasteiger charge is 2.14. The molecule has 0 saturated heterocycles. The van der Waals surface area contributed by atoms with Gasteiger partial charge < -0.3 is 23.7 Å². The van der Waals surface area contributed by atoms with Gasteiger partial charge in [-0.15, -0.1) is 0 Å². The summed E-state index contributed by atoms with van der Waals surface area (Å²) >= 11 is 3.38. The largest absolute Gasteiger partial charge is 0.497 e. The average molecular weight is 495 g/mol. The summed E-state index contributed by atoms with van der Waals surface area (Å²) in [6, 6.07) is 8.16. The van der Waals surface area contributed by atoms with Crippen LogP contribution in [0.4, 0.5) is 0 Å². The smallest absolute Gasteiger partial charge is 0.344 e. The minimum absolute atomic E-state index is 0.254. The van der Waals surface area contributed by atoms with E-state index in [1.54, 1.807) is 37.3 Å². The van der Waals surface area contributed by atoms with Crippen molar-refractivity contribution >= 4 is 34.0 Å². The van der Waals surface area contributed by atoms with Gasteiger partial charge in [-0.2, -0.15) is 5.10 Å². The number of hydrazone groups is 1. The Morgan fingerprint density at radius 3 is 2.29 bits per heavy atom. The summed E-state index contributed by atoms with van der Waals surface area (Å²) in [6.07, 6.45) is 1.44. The Labute approximate surface area is 188 Å². The van der Waals surface area contributed by atoms with Gasteiger partial charge in [0.2, 0.25) is 0 Å². The summed E-state index contributed by atoms with van der Waals surface area (Å²) in [4.78, 5) is 23.9. The Morgan fingerprint density at radius 1 is 1.03 bits per heavy atom. The van der Waals surface area contributed by atoms with Crippen LogP contribution in [0.15, 0.2) is 39.9 Å². The Bertz CT molecular complexity index is 941. The topological polar surface area (TPSA) is 105 Å². The Kier molecular flexibility index (Phi) is 9.13. The van der Waals surface area contributed by atoms with Crippen LogP contribution in [0, 0.1) is 0 Å². The van der Waals surface area contributed by atoms with Crippen LogP contribution >= 0.6 is 15.9 Å². The lowest BCUT2D eigenvalue weighted by molar-refractivity contribution is -0.145. The molecule has 0 saturated carbocycles. The molecule has 0 bridgehead atoms. The highest BCUT2D eigenvalue weighted by Crippen LogP contribution is 2.36. The van der Waals surface area contributed by atoms with Crippen LogP contribution in [0.3, 0.4) is 0 Å². The zero-order valence-corrected chi connectivity index (χ0v) is 19.1. The van der Waals surface area contributed by atoms with Gasteiger partial charge in [-0.3, -0.25) is 4.79 Å². The molecule has 0 heterocycles. The van der Waals surface area contributed by atoms with Crippen LogP contribution in [-0.2, 0) is 9.53 Å². The minimum atomic E-state index is -0.487. The number of methoxy groups -OCH3 is 3. The zero-order valence-electron chi connectivity index (χ0n) is 17.6. The molecule has 0 aromatic heterocycles. The monoisotopic (exact) mass is 494 g/mol. The normalized spacial score (nSPS) is 10.5. The Morgan fingerprint density at radius 2 is 1.71 bits per heavy atom. The second kappa shape index (κ2) is 11.8. The molecule has 2 aromatic rings. The number of ether oxygens (including phenoxy) is 5. The fourth-order valence-corrected chi connectivity index (χ4v) is 3.03. The molecule has 0 spiro atoms. The van der Waals surface area contributed by atoms with E-state index in [9.17, 15) is 9.59 Å². The van der Waals surface area contributed by atoms with Gasteiger partial charge in [-0.25, -0.2) is 10.2 Å². The van der Waals surface area contributed by atoms with Crippen molar-refractivity contribution in [1.29, 1.82) is 0 Å². The molecule has 10 heteroatoms. The standard InChI is InChI=1S/C21H23BrN2O7/c1-5-30-19(25)12-31-20-17(22)6-13(7-18(20)29-4)11-23-24-21(26)14-8-15(27-2)10-16(9-14)28-3/h6-11H,5,12H2,1-4H3,(H,24,26)/b23-11-. The Balaban J connectivity index is 2.11. The van der Waals surface area contributed by atoms with E-state index in [1.807, 2.05) is 0 Å². The maximum Gasteiger partial charge on any atom is 0.344 e. The van der Waals surface area contributed by atoms with Gasteiger partial charge in [-0.1, -0.05) is 0 Å². The molecule has 0 atom stereocenters. The van der Waals surface area contributed by atoms with E-state index in [0.717, 1.165) is 0 Å². The maximum absolute atomic E-state index is 12.4. The number of halogens is 1. The molecule has 9 nitrogen and oxygen atoms in total. The first kappa shape index (κ1) is 24.0. The number of hydrogen-bond donors (Lipinski definition) is 1. The van der Waals surface area contributed by atoms with Gasteiger partial charge in [0.05, 0.1) is 38.6 Å². The SMILES string of the molecule is CCOC(=O)COc1c(Br)cc(/C=N\NC(=O)c2cc(OC)cc(OC)c2)cc1OC. The van der Waals surface area contributed by atoms with Crippen molar-refractivity contribution in [1.82, 2.24) is 5.43 Å². The first-order valence-electron chi connectivity index (χ1n) is 9.14. The van der Waals surface area contributed by atoms with Crippen LogP contribution < -0.4 is 24.4 Å². The molecule has 0 aliphatic heterocycles. The fraction of sp³-hybridized carbons (Fsp3) is 0.286. The number of hydrogen-bond acceptors (Lipinski definition) is 8. The van der Waals surface area contributed by atoms with E-state index in [1.165, 1.54) is 27.5 Å². The number of esters is 1. The first-order chi connectivity index (χ1) is 14.9. The van der Waals surface area contributed by atoms with Crippen LogP contribution in [0.2, 0.25) is 0 Å². The van der Waals surface area contributed by atoms with Crippen LogP contribution in [-0.4, -0.2) is 52.6 Å². The average Bonchev–Trinajstić information content (AvgIpc) is 2.77. The van der Waals surface area contributed by atoms with E-state index < -0.39 is 11.9 Å². The number of carbonyl (C=O) groups is 2. The van der Waals surface area contributed by atoms with Crippen molar-refractivity contribution in [2.75, 3.05) is 34.5 Å². The summed E-state index contributed by atoms with van der Waals surface area (Å²) in [5.41, 5.74) is 3.40. The third-order valence-electron chi connectivity index (χ3n) is 3.88. The van der Waals surface area contributed by atoms with Crippen LogP contribution in [0.5, 0.6) is 23.0 Å². The minimum Gasteiger partial charge on any atom is -0.497 e. The van der Waals surface area contributed by atoms with Crippen molar-refractivity contribution in [3.63, 3.8) is 0 Å². The van der Waals surface area contributed by atoms with Crippen molar-refractivity contribution < 1.29 is 33.3 Å². The molecule has 1 amide bonds. The van der Waals surface area contributed by atoms with Crippen molar-refractivity contribution in [2.45, 2.75) is 6.92 Å². The number of amides is 1. The predicted octanol–water partition coefficient (Wildman–Crippen LogP) is 3.18. The first-order valence-corrected chi connectivity index (χ1v) is 9.93. The second-order valence-electron chi connectivity index (χ2n) is 5.93. The second-order valence-corrected chi connectivity index (χ2v) is 6.78. The summed E-state index contributed by atoms with van der Waals surface area (Å²) in [5.74, 6) is 0.776. The van der Waals surface area contributed by atoms with E-state index in [0.29, 0.717) is 38.6 Å². The number of benzene rings is 2. The van der Waals surface area contributed by atoms with E-state index in [-0.39, 0.29) is 13.2 Å². The lowest BCUT2D eigenvalue weighted by Crippen LogP contribution is -2.17. The summed E-state index contributed by atoms with van der Waals surface area (Å²) < 4.78 is 26.5. The molecule has 2 aromatic carbocycles. The molecule has 0 unspecified atom stereocenters. The van der Waals surface area contributed by atoms with Gasteiger partial charge in [-0.05, 0) is 52.7 Å². The molecular formula is C21H23BrN2O7. The third-order valence-corrected chi connectivity index (χ3v) is 4.47. The van der Waals surface area contributed by atoms with Crippen LogP contribution in [0.1, 0.15) is 22.8 Å². The van der Waals surface area contributed by atoms with Gasteiger partial charge in [0, 0.05) is 11.6 Å². The molecule has 0 radical (unpaired) electrons. The molecule has 0 aliphatic rings. The molecular weight excluding hydrogens is 472 g/mol. The fourth-order valence-electron chi connectivity index (χ4n) is 2.46. The third kappa shape index (κ3) is 6.88. The number of nitrogens with zero attached hydrogens (tertiary/aromatic N) is 1. The zero-order chi connectivity index (χ0) is 22.8. The highest BCUT2D eigenvalue weighted by atomic mass is 79.9. The highest BCUT2D eigenvalue weighted by molar-refractivity contribution is 9.10. The maximum atomic E-state index is 12.4. The number of rotatable bonds is 10. The van der Waals surface area contributed by atoms with E-state index in [2.05, 4.69) is 26.5 Å². The van der Waals surface area contributed by atoms with E-state index in [4.69, 9.17) is 23.7 Å². The predicted molar refractivity (Wildman–Crippen MR) is 117 cm³/mol. The molecule has 1 N–H and O–H groups in total. The summed E-state index contributed by atoms with van der Waals surface area (Å²) in [7, 11) is 4.47. The molecule has 2 rings (SSSR count). The number of nitrogens with one attached hydrogen (secondary N) is 1. The van der Waals surface area contributed by atoms with Crippen molar-refractivity contribution in [3.05, 3.63) is 45.9 Å². The molecule has 166 valence electrons. The van der Waals surface area contributed by atoms with Gasteiger partial charge in [0.15, 0.2) is 18.1 Å². The lowest BCUT2D eigenvalue weighted by atomic mass is 10.2. The van der Waals surface area contributed by atoms with E-state index >= 15 is 0 Å².